The van der Waals surface area contributed by atoms with Gasteiger partial charge in [-0.05, 0) is 56.3 Å². The fourth-order valence-electron chi connectivity index (χ4n) is 3.12. The highest BCUT2D eigenvalue weighted by molar-refractivity contribution is 5.96. The molecule has 2 amide bonds. The number of benzene rings is 3. The lowest BCUT2D eigenvalue weighted by atomic mass is 10.0. The van der Waals surface area contributed by atoms with E-state index in [2.05, 4.69) is 10.6 Å². The van der Waals surface area contributed by atoms with Crippen molar-refractivity contribution in [3.8, 4) is 17.2 Å². The normalized spacial score (nSPS) is 11.3. The average molecular weight is 418 g/mol. The Kier molecular flexibility index (Phi) is 7.27. The van der Waals surface area contributed by atoms with E-state index in [1.165, 1.54) is 0 Å². The monoisotopic (exact) mass is 418 g/mol. The smallest absolute Gasteiger partial charge is 0.251 e. The van der Waals surface area contributed by atoms with E-state index in [0.717, 1.165) is 16.9 Å². The number of hydrogen-bond donors (Lipinski definition) is 2. The highest BCUT2D eigenvalue weighted by Crippen LogP contribution is 2.26. The van der Waals surface area contributed by atoms with Gasteiger partial charge < -0.3 is 20.1 Å². The topological polar surface area (TPSA) is 76.7 Å². The van der Waals surface area contributed by atoms with Crippen molar-refractivity contribution in [2.75, 3.05) is 13.7 Å². The molecule has 6 heteroatoms. The van der Waals surface area contributed by atoms with Crippen molar-refractivity contribution in [2.45, 2.75) is 19.9 Å². The first-order valence-electron chi connectivity index (χ1n) is 10.0. The zero-order valence-corrected chi connectivity index (χ0v) is 17.8. The third kappa shape index (κ3) is 6.09. The lowest BCUT2D eigenvalue weighted by Crippen LogP contribution is -2.38. The molecule has 0 radical (unpaired) electrons. The summed E-state index contributed by atoms with van der Waals surface area (Å²) in [5, 5.41) is 5.53. The molecular weight excluding hydrogens is 392 g/mol. The maximum absolute atomic E-state index is 12.4. The molecule has 0 heterocycles. The van der Waals surface area contributed by atoms with Crippen LogP contribution in [0.3, 0.4) is 0 Å². The van der Waals surface area contributed by atoms with Crippen LogP contribution in [0.5, 0.6) is 17.2 Å². The Bertz CT molecular complexity index is 1030. The standard InChI is InChI=1S/C25H26N2O4/c1-17-9-14-23(30-3)22(15-17)18(2)27-24(28)16-26-25(29)19-10-12-21(13-11-19)31-20-7-5-4-6-8-20/h4-15,18H,16H2,1-3H3,(H,26,29)(H,27,28)/t18-/m0/s1. The molecule has 0 aliphatic heterocycles. The van der Waals surface area contributed by atoms with Crippen LogP contribution in [-0.2, 0) is 4.79 Å². The fraction of sp³-hybridized carbons (Fsp3) is 0.200. The summed E-state index contributed by atoms with van der Waals surface area (Å²) in [5.41, 5.74) is 2.41. The van der Waals surface area contributed by atoms with Gasteiger partial charge in [0, 0.05) is 11.1 Å². The van der Waals surface area contributed by atoms with Crippen LogP contribution in [0, 0.1) is 6.92 Å². The third-order valence-corrected chi connectivity index (χ3v) is 4.73. The van der Waals surface area contributed by atoms with Gasteiger partial charge in [-0.1, -0.05) is 35.9 Å². The van der Waals surface area contributed by atoms with Crippen molar-refractivity contribution in [2.24, 2.45) is 0 Å². The minimum absolute atomic E-state index is 0.125. The van der Waals surface area contributed by atoms with Gasteiger partial charge in [0.05, 0.1) is 19.7 Å². The minimum Gasteiger partial charge on any atom is -0.496 e. The van der Waals surface area contributed by atoms with Crippen LogP contribution < -0.4 is 20.1 Å². The number of ether oxygens (including phenoxy) is 2. The molecule has 2 N–H and O–H groups in total. The van der Waals surface area contributed by atoms with E-state index in [1.54, 1.807) is 31.4 Å². The number of rotatable bonds is 8. The summed E-state index contributed by atoms with van der Waals surface area (Å²) >= 11 is 0. The second-order valence-corrected chi connectivity index (χ2v) is 7.16. The Morgan fingerprint density at radius 3 is 2.29 bits per heavy atom. The molecule has 3 aromatic rings. The van der Waals surface area contributed by atoms with Crippen LogP contribution in [0.4, 0.5) is 0 Å². The molecule has 31 heavy (non-hydrogen) atoms. The summed E-state index contributed by atoms with van der Waals surface area (Å²) in [5.74, 6) is 1.44. The van der Waals surface area contributed by atoms with Gasteiger partial charge >= 0.3 is 0 Å². The lowest BCUT2D eigenvalue weighted by Gasteiger charge is -2.18. The van der Waals surface area contributed by atoms with Crippen LogP contribution >= 0.6 is 0 Å². The second-order valence-electron chi connectivity index (χ2n) is 7.16. The molecule has 1 atom stereocenters. The SMILES string of the molecule is COc1ccc(C)cc1[C@H](C)NC(=O)CNC(=O)c1ccc(Oc2ccccc2)cc1. The van der Waals surface area contributed by atoms with Crippen molar-refractivity contribution in [1.29, 1.82) is 0 Å². The molecule has 0 aliphatic rings. The van der Waals surface area contributed by atoms with E-state index in [9.17, 15) is 9.59 Å². The van der Waals surface area contributed by atoms with Crippen LogP contribution in [-0.4, -0.2) is 25.5 Å². The summed E-state index contributed by atoms with van der Waals surface area (Å²) in [4.78, 5) is 24.7. The molecule has 3 aromatic carbocycles. The summed E-state index contributed by atoms with van der Waals surface area (Å²) in [6.45, 7) is 3.73. The van der Waals surface area contributed by atoms with E-state index in [1.807, 2.05) is 62.4 Å². The van der Waals surface area contributed by atoms with Crippen molar-refractivity contribution < 1.29 is 19.1 Å². The second kappa shape index (κ2) is 10.3. The number of nitrogens with one attached hydrogen (secondary N) is 2. The number of hydrogen-bond acceptors (Lipinski definition) is 4. The number of methoxy groups -OCH3 is 1. The molecule has 0 saturated carbocycles. The Labute approximate surface area is 182 Å². The molecular formula is C25H26N2O4. The summed E-state index contributed by atoms with van der Waals surface area (Å²) in [6.07, 6.45) is 0. The van der Waals surface area contributed by atoms with Gasteiger partial charge in [-0.25, -0.2) is 0 Å². The van der Waals surface area contributed by atoms with Gasteiger partial charge in [0.25, 0.3) is 5.91 Å². The van der Waals surface area contributed by atoms with Crippen LogP contribution in [0.2, 0.25) is 0 Å². The number of aryl methyl sites for hydroxylation is 1. The fourth-order valence-corrected chi connectivity index (χ4v) is 3.12. The van der Waals surface area contributed by atoms with Gasteiger partial charge in [-0.2, -0.15) is 0 Å². The molecule has 0 aromatic heterocycles. The van der Waals surface area contributed by atoms with Gasteiger partial charge in [0.1, 0.15) is 17.2 Å². The van der Waals surface area contributed by atoms with Gasteiger partial charge in [0.2, 0.25) is 5.91 Å². The van der Waals surface area contributed by atoms with Crippen LogP contribution in [0.25, 0.3) is 0 Å². The molecule has 3 rings (SSSR count). The van der Waals surface area contributed by atoms with Crippen molar-refractivity contribution in [1.82, 2.24) is 10.6 Å². The molecule has 0 bridgehead atoms. The van der Waals surface area contributed by atoms with Crippen molar-refractivity contribution >= 4 is 11.8 Å². The van der Waals surface area contributed by atoms with Gasteiger partial charge in [0.15, 0.2) is 0 Å². The Morgan fingerprint density at radius 1 is 0.935 bits per heavy atom. The number of carbonyl (C=O) groups is 2. The Balaban J connectivity index is 1.52. The first-order valence-corrected chi connectivity index (χ1v) is 10.0. The third-order valence-electron chi connectivity index (χ3n) is 4.73. The van der Waals surface area contributed by atoms with E-state index in [0.29, 0.717) is 17.1 Å². The zero-order chi connectivity index (χ0) is 22.2. The summed E-state index contributed by atoms with van der Waals surface area (Å²) < 4.78 is 11.1. The molecule has 6 nitrogen and oxygen atoms in total. The van der Waals surface area contributed by atoms with Crippen LogP contribution in [0.1, 0.15) is 34.5 Å². The molecule has 0 saturated heterocycles. The van der Waals surface area contributed by atoms with E-state index in [4.69, 9.17) is 9.47 Å². The maximum Gasteiger partial charge on any atom is 0.251 e. The van der Waals surface area contributed by atoms with E-state index in [-0.39, 0.29) is 24.4 Å². The highest BCUT2D eigenvalue weighted by Gasteiger charge is 2.15. The maximum atomic E-state index is 12.4. The largest absolute Gasteiger partial charge is 0.496 e. The predicted octanol–water partition coefficient (Wildman–Crippen LogP) is 4.40. The van der Waals surface area contributed by atoms with Crippen molar-refractivity contribution in [3.63, 3.8) is 0 Å². The predicted molar refractivity (Wildman–Crippen MR) is 120 cm³/mol. The van der Waals surface area contributed by atoms with E-state index >= 15 is 0 Å². The number of carbonyl (C=O) groups excluding carboxylic acids is 2. The average Bonchev–Trinajstić information content (AvgIpc) is 2.78. The summed E-state index contributed by atoms with van der Waals surface area (Å²) in [6, 6.07) is 21.7. The minimum atomic E-state index is -0.331. The molecule has 160 valence electrons. The first kappa shape index (κ1) is 21.9. The molecule has 0 aliphatic carbocycles. The number of para-hydroxylation sites is 1. The molecule has 0 fully saturated rings. The van der Waals surface area contributed by atoms with Gasteiger partial charge in [-0.15, -0.1) is 0 Å². The molecule has 0 unspecified atom stereocenters. The first-order chi connectivity index (χ1) is 15.0. The Morgan fingerprint density at radius 2 is 1.61 bits per heavy atom. The lowest BCUT2D eigenvalue weighted by molar-refractivity contribution is -0.120. The molecule has 0 spiro atoms. The zero-order valence-electron chi connectivity index (χ0n) is 17.8. The quantitative estimate of drug-likeness (QED) is 0.568. The van der Waals surface area contributed by atoms with E-state index < -0.39 is 0 Å². The summed E-state index contributed by atoms with van der Waals surface area (Å²) in [7, 11) is 1.60. The number of amides is 2. The highest BCUT2D eigenvalue weighted by atomic mass is 16.5. The Hall–Kier alpha value is -3.80. The van der Waals surface area contributed by atoms with Gasteiger partial charge in [-0.3, -0.25) is 9.59 Å². The van der Waals surface area contributed by atoms with Crippen LogP contribution in [0.15, 0.2) is 72.8 Å². The van der Waals surface area contributed by atoms with Crippen molar-refractivity contribution in [3.05, 3.63) is 89.5 Å².